The maximum absolute atomic E-state index is 12.2. The third kappa shape index (κ3) is 6.38. The molecule has 1 atom stereocenters. The molecular formula is C20H25ClN2OS. The second-order valence-corrected chi connectivity index (χ2v) is 7.25. The van der Waals surface area contributed by atoms with E-state index in [2.05, 4.69) is 34.9 Å². The number of benzene rings is 2. The Kier molecular flexibility index (Phi) is 8.32. The van der Waals surface area contributed by atoms with E-state index < -0.39 is 0 Å². The smallest absolute Gasteiger partial charge is 0.251 e. The number of amides is 1. The van der Waals surface area contributed by atoms with Crippen molar-refractivity contribution in [1.82, 2.24) is 10.6 Å². The molecule has 5 heteroatoms. The molecule has 1 aliphatic heterocycles. The third-order valence-corrected chi connectivity index (χ3v) is 5.45. The van der Waals surface area contributed by atoms with Gasteiger partial charge in [0.1, 0.15) is 0 Å². The predicted molar refractivity (Wildman–Crippen MR) is 108 cm³/mol. The fraction of sp³-hybridized carbons (Fsp3) is 0.350. The highest BCUT2D eigenvalue weighted by Gasteiger charge is 2.14. The van der Waals surface area contributed by atoms with E-state index in [1.54, 1.807) is 11.8 Å². The molecule has 0 aromatic heterocycles. The molecule has 3 rings (SSSR count). The number of carbonyl (C=O) groups excluding carboxylic acids is 1. The lowest BCUT2D eigenvalue weighted by atomic mass is 10.1. The number of rotatable bonds is 7. The Morgan fingerprint density at radius 3 is 2.56 bits per heavy atom. The van der Waals surface area contributed by atoms with E-state index >= 15 is 0 Å². The molecule has 3 nitrogen and oxygen atoms in total. The van der Waals surface area contributed by atoms with Crippen molar-refractivity contribution in [3.8, 4) is 0 Å². The minimum atomic E-state index is 0. The summed E-state index contributed by atoms with van der Waals surface area (Å²) in [6.45, 7) is 2.96. The summed E-state index contributed by atoms with van der Waals surface area (Å²) in [4.78, 5) is 13.4. The summed E-state index contributed by atoms with van der Waals surface area (Å²) >= 11 is 1.79. The van der Waals surface area contributed by atoms with Crippen molar-refractivity contribution < 1.29 is 4.79 Å². The number of nitrogens with one attached hydrogen (secondary N) is 2. The van der Waals surface area contributed by atoms with Crippen LogP contribution in [0.25, 0.3) is 0 Å². The Morgan fingerprint density at radius 2 is 1.88 bits per heavy atom. The lowest BCUT2D eigenvalue weighted by Gasteiger charge is -2.09. The molecule has 1 unspecified atom stereocenters. The van der Waals surface area contributed by atoms with Crippen LogP contribution in [0.5, 0.6) is 0 Å². The Hall–Kier alpha value is -1.49. The minimum Gasteiger partial charge on any atom is -0.352 e. The molecule has 2 aromatic carbocycles. The van der Waals surface area contributed by atoms with Gasteiger partial charge in [-0.1, -0.05) is 30.3 Å². The van der Waals surface area contributed by atoms with Crippen molar-refractivity contribution in [3.05, 3.63) is 65.7 Å². The van der Waals surface area contributed by atoms with Crippen LogP contribution in [0, 0.1) is 5.92 Å². The molecule has 0 spiro atoms. The molecule has 0 bridgehead atoms. The Balaban J connectivity index is 0.00000225. The van der Waals surface area contributed by atoms with Gasteiger partial charge in [0.25, 0.3) is 5.91 Å². The maximum Gasteiger partial charge on any atom is 0.251 e. The summed E-state index contributed by atoms with van der Waals surface area (Å²) in [5, 5.41) is 6.39. The van der Waals surface area contributed by atoms with Crippen molar-refractivity contribution >= 4 is 30.1 Å². The van der Waals surface area contributed by atoms with E-state index in [0.717, 1.165) is 37.4 Å². The average Bonchev–Trinajstić information content (AvgIpc) is 3.15. The van der Waals surface area contributed by atoms with Gasteiger partial charge in [0.2, 0.25) is 0 Å². The number of carbonyl (C=O) groups is 1. The first kappa shape index (κ1) is 19.8. The molecule has 134 valence electrons. The monoisotopic (exact) mass is 376 g/mol. The van der Waals surface area contributed by atoms with Gasteiger partial charge in [-0.05, 0) is 61.7 Å². The van der Waals surface area contributed by atoms with Crippen LogP contribution < -0.4 is 10.6 Å². The zero-order chi connectivity index (χ0) is 16.6. The van der Waals surface area contributed by atoms with Crippen LogP contribution >= 0.6 is 24.2 Å². The summed E-state index contributed by atoms with van der Waals surface area (Å²) in [6, 6.07) is 18.3. The normalized spacial score (nSPS) is 16.2. The lowest BCUT2D eigenvalue weighted by molar-refractivity contribution is 0.0951. The standard InChI is InChI=1S/C20H24N2OS.ClH/c23-20(22-13-11-16-10-12-21-14-16)18-6-8-19(9-7-18)24-15-17-4-2-1-3-5-17;/h1-9,16,21H,10-15H2,(H,22,23);1H. The molecule has 1 heterocycles. The molecule has 25 heavy (non-hydrogen) atoms. The van der Waals surface area contributed by atoms with Crippen LogP contribution in [-0.2, 0) is 5.75 Å². The second-order valence-electron chi connectivity index (χ2n) is 6.20. The molecule has 0 saturated carbocycles. The van der Waals surface area contributed by atoms with Crippen molar-refractivity contribution in [1.29, 1.82) is 0 Å². The van der Waals surface area contributed by atoms with Gasteiger partial charge < -0.3 is 10.6 Å². The fourth-order valence-electron chi connectivity index (χ4n) is 2.90. The maximum atomic E-state index is 12.2. The van der Waals surface area contributed by atoms with E-state index in [4.69, 9.17) is 0 Å². The number of thioether (sulfide) groups is 1. The van der Waals surface area contributed by atoms with E-state index in [1.807, 2.05) is 30.3 Å². The predicted octanol–water partition coefficient (Wildman–Crippen LogP) is 4.13. The van der Waals surface area contributed by atoms with Gasteiger partial charge in [0.15, 0.2) is 0 Å². The SMILES string of the molecule is Cl.O=C(NCCC1CCNC1)c1ccc(SCc2ccccc2)cc1. The van der Waals surface area contributed by atoms with Crippen LogP contribution in [0.2, 0.25) is 0 Å². The molecule has 0 aliphatic carbocycles. The number of hydrogen-bond donors (Lipinski definition) is 2. The molecule has 2 N–H and O–H groups in total. The first-order chi connectivity index (χ1) is 11.8. The molecule has 1 aliphatic rings. The highest BCUT2D eigenvalue weighted by molar-refractivity contribution is 7.98. The summed E-state index contributed by atoms with van der Waals surface area (Å²) in [5.74, 6) is 1.68. The van der Waals surface area contributed by atoms with Crippen molar-refractivity contribution in [2.75, 3.05) is 19.6 Å². The zero-order valence-corrected chi connectivity index (χ0v) is 15.9. The lowest BCUT2D eigenvalue weighted by Crippen LogP contribution is -2.26. The van der Waals surface area contributed by atoms with Gasteiger partial charge in [0, 0.05) is 22.8 Å². The third-order valence-electron chi connectivity index (χ3n) is 4.37. The summed E-state index contributed by atoms with van der Waals surface area (Å²) < 4.78 is 0. The van der Waals surface area contributed by atoms with Crippen molar-refractivity contribution in [3.63, 3.8) is 0 Å². The van der Waals surface area contributed by atoms with Crippen LogP contribution in [0.15, 0.2) is 59.5 Å². The first-order valence-electron chi connectivity index (χ1n) is 8.57. The molecule has 1 amide bonds. The number of halogens is 1. The summed E-state index contributed by atoms with van der Waals surface area (Å²) in [5.41, 5.74) is 2.05. The first-order valence-corrected chi connectivity index (χ1v) is 9.55. The Morgan fingerprint density at radius 1 is 1.12 bits per heavy atom. The van der Waals surface area contributed by atoms with Crippen molar-refractivity contribution in [2.45, 2.75) is 23.5 Å². The highest BCUT2D eigenvalue weighted by atomic mass is 35.5. The summed E-state index contributed by atoms with van der Waals surface area (Å²) in [7, 11) is 0. The average molecular weight is 377 g/mol. The Bertz CT molecular complexity index is 643. The van der Waals surface area contributed by atoms with Gasteiger partial charge in [-0.2, -0.15) is 0 Å². The molecule has 2 aromatic rings. The van der Waals surface area contributed by atoms with Crippen LogP contribution in [-0.4, -0.2) is 25.5 Å². The van der Waals surface area contributed by atoms with Crippen LogP contribution in [0.3, 0.4) is 0 Å². The highest BCUT2D eigenvalue weighted by Crippen LogP contribution is 2.23. The summed E-state index contributed by atoms with van der Waals surface area (Å²) in [6.07, 6.45) is 2.28. The topological polar surface area (TPSA) is 41.1 Å². The van der Waals surface area contributed by atoms with Gasteiger partial charge in [-0.25, -0.2) is 0 Å². The van der Waals surface area contributed by atoms with Gasteiger partial charge in [-0.3, -0.25) is 4.79 Å². The van der Waals surface area contributed by atoms with E-state index in [1.165, 1.54) is 16.9 Å². The number of hydrogen-bond acceptors (Lipinski definition) is 3. The van der Waals surface area contributed by atoms with E-state index in [9.17, 15) is 4.79 Å². The fourth-order valence-corrected chi connectivity index (χ4v) is 3.75. The van der Waals surface area contributed by atoms with Crippen LogP contribution in [0.1, 0.15) is 28.8 Å². The largest absolute Gasteiger partial charge is 0.352 e. The molecular weight excluding hydrogens is 352 g/mol. The quantitative estimate of drug-likeness (QED) is 0.714. The van der Waals surface area contributed by atoms with Gasteiger partial charge >= 0.3 is 0 Å². The second kappa shape index (κ2) is 10.5. The van der Waals surface area contributed by atoms with E-state index in [-0.39, 0.29) is 18.3 Å². The van der Waals surface area contributed by atoms with Crippen LogP contribution in [0.4, 0.5) is 0 Å². The zero-order valence-electron chi connectivity index (χ0n) is 14.2. The molecule has 1 fully saturated rings. The van der Waals surface area contributed by atoms with Gasteiger partial charge in [0.05, 0.1) is 0 Å². The Labute approximate surface area is 160 Å². The van der Waals surface area contributed by atoms with Crippen molar-refractivity contribution in [2.24, 2.45) is 5.92 Å². The molecule has 1 saturated heterocycles. The molecule has 0 radical (unpaired) electrons. The minimum absolute atomic E-state index is 0. The van der Waals surface area contributed by atoms with Gasteiger partial charge in [-0.15, -0.1) is 24.2 Å². The van der Waals surface area contributed by atoms with E-state index in [0.29, 0.717) is 5.92 Å².